The molecule has 2 N–H and O–H groups in total. The molecule has 2 nitrogen and oxygen atoms in total. The molecule has 0 saturated heterocycles. The van der Waals surface area contributed by atoms with Gasteiger partial charge in [-0.1, -0.05) is 7.43 Å². The molecule has 0 aliphatic heterocycles. The van der Waals surface area contributed by atoms with E-state index < -0.39 is 0 Å². The molecule has 56 valence electrons. The SMILES string of the molecule is C.CCOC(N)=C(C)C. The number of nitrogens with two attached hydrogens (primary N) is 1. The third-order valence-corrected chi connectivity index (χ3v) is 0.793. The van der Waals surface area contributed by atoms with Crippen molar-refractivity contribution in [3.05, 3.63) is 11.5 Å². The van der Waals surface area contributed by atoms with Crippen molar-refractivity contribution in [1.82, 2.24) is 0 Å². The van der Waals surface area contributed by atoms with Gasteiger partial charge in [-0.3, -0.25) is 0 Å². The monoisotopic (exact) mass is 131 g/mol. The van der Waals surface area contributed by atoms with Gasteiger partial charge in [-0.15, -0.1) is 0 Å². The summed E-state index contributed by atoms with van der Waals surface area (Å²) in [7, 11) is 0. The van der Waals surface area contributed by atoms with Gasteiger partial charge in [0.25, 0.3) is 0 Å². The number of rotatable bonds is 2. The molecule has 0 unspecified atom stereocenters. The molecule has 0 aromatic rings. The second-order valence-corrected chi connectivity index (χ2v) is 1.80. The minimum Gasteiger partial charge on any atom is -0.480 e. The molecule has 9 heavy (non-hydrogen) atoms. The highest BCUT2D eigenvalue weighted by Crippen LogP contribution is 1.95. The van der Waals surface area contributed by atoms with Gasteiger partial charge in [-0.2, -0.15) is 0 Å². The minimum absolute atomic E-state index is 0. The highest BCUT2D eigenvalue weighted by Gasteiger charge is 1.87. The lowest BCUT2D eigenvalue weighted by molar-refractivity contribution is 0.222. The average Bonchev–Trinajstić information content (AvgIpc) is 1.67. The summed E-state index contributed by atoms with van der Waals surface area (Å²) < 4.78 is 4.96. The predicted octanol–water partition coefficient (Wildman–Crippen LogP) is 1.87. The lowest BCUT2D eigenvalue weighted by atomic mass is 10.4. The Hall–Kier alpha value is -0.660. The van der Waals surface area contributed by atoms with Gasteiger partial charge in [0.15, 0.2) is 5.88 Å². The maximum absolute atomic E-state index is 5.38. The fraction of sp³-hybridized carbons (Fsp3) is 0.714. The molecular weight excluding hydrogens is 114 g/mol. The van der Waals surface area contributed by atoms with Crippen LogP contribution in [0.15, 0.2) is 11.5 Å². The summed E-state index contributed by atoms with van der Waals surface area (Å²) in [5.41, 5.74) is 6.42. The summed E-state index contributed by atoms with van der Waals surface area (Å²) in [6.07, 6.45) is 0. The van der Waals surface area contributed by atoms with E-state index in [0.717, 1.165) is 5.57 Å². The first-order valence-electron chi connectivity index (χ1n) is 2.74. The molecule has 0 aliphatic rings. The topological polar surface area (TPSA) is 35.2 Å². The maximum Gasteiger partial charge on any atom is 0.182 e. The van der Waals surface area contributed by atoms with Crippen molar-refractivity contribution in [2.75, 3.05) is 6.61 Å². The van der Waals surface area contributed by atoms with E-state index in [4.69, 9.17) is 10.5 Å². The summed E-state index contributed by atoms with van der Waals surface area (Å²) in [6.45, 7) is 6.41. The Morgan fingerprint density at radius 1 is 1.44 bits per heavy atom. The van der Waals surface area contributed by atoms with E-state index in [1.807, 2.05) is 20.8 Å². The fourth-order valence-electron chi connectivity index (χ4n) is 0.300. The van der Waals surface area contributed by atoms with Crippen LogP contribution in [0, 0.1) is 0 Å². The molecule has 0 bridgehead atoms. The second kappa shape index (κ2) is 5.48. The molecule has 0 saturated carbocycles. The van der Waals surface area contributed by atoms with Crippen LogP contribution in [0.1, 0.15) is 28.2 Å². The molecule has 0 rings (SSSR count). The first-order chi connectivity index (χ1) is 3.68. The molecule has 0 aromatic carbocycles. The summed E-state index contributed by atoms with van der Waals surface area (Å²) in [5.74, 6) is 0.549. The molecule has 0 radical (unpaired) electrons. The van der Waals surface area contributed by atoms with Gasteiger partial charge >= 0.3 is 0 Å². The minimum atomic E-state index is 0. The van der Waals surface area contributed by atoms with Gasteiger partial charge in [-0.25, -0.2) is 0 Å². The quantitative estimate of drug-likeness (QED) is 0.581. The van der Waals surface area contributed by atoms with E-state index in [0.29, 0.717) is 12.5 Å². The highest BCUT2D eigenvalue weighted by molar-refractivity contribution is 4.97. The van der Waals surface area contributed by atoms with Crippen LogP contribution < -0.4 is 5.73 Å². The molecule has 0 aliphatic carbocycles. The first kappa shape index (κ1) is 11.2. The van der Waals surface area contributed by atoms with Crippen molar-refractivity contribution in [2.45, 2.75) is 28.2 Å². The number of hydrogen-bond acceptors (Lipinski definition) is 2. The van der Waals surface area contributed by atoms with E-state index in [-0.39, 0.29) is 7.43 Å². The van der Waals surface area contributed by atoms with Crippen LogP contribution in [0.3, 0.4) is 0 Å². The molecule has 0 fully saturated rings. The Balaban J connectivity index is 0. The van der Waals surface area contributed by atoms with Crippen molar-refractivity contribution < 1.29 is 4.74 Å². The van der Waals surface area contributed by atoms with Crippen LogP contribution in [0.4, 0.5) is 0 Å². The standard InChI is InChI=1S/C6H13NO.CH4/c1-4-8-6(7)5(2)3;/h4,7H2,1-3H3;1H4. The predicted molar refractivity (Wildman–Crippen MR) is 40.9 cm³/mol. The summed E-state index contributed by atoms with van der Waals surface area (Å²) >= 11 is 0. The molecule has 2 heteroatoms. The van der Waals surface area contributed by atoms with Crippen LogP contribution in [0.5, 0.6) is 0 Å². The van der Waals surface area contributed by atoms with Gasteiger partial charge in [0.2, 0.25) is 0 Å². The molecule has 0 spiro atoms. The number of ether oxygens (including phenoxy) is 1. The summed E-state index contributed by atoms with van der Waals surface area (Å²) in [5, 5.41) is 0. The Morgan fingerprint density at radius 2 is 1.89 bits per heavy atom. The largest absolute Gasteiger partial charge is 0.480 e. The molecule has 0 aromatic heterocycles. The van der Waals surface area contributed by atoms with E-state index >= 15 is 0 Å². The maximum atomic E-state index is 5.38. The highest BCUT2D eigenvalue weighted by atomic mass is 16.5. The van der Waals surface area contributed by atoms with Crippen molar-refractivity contribution in [3.8, 4) is 0 Å². The summed E-state index contributed by atoms with van der Waals surface area (Å²) in [4.78, 5) is 0. The van der Waals surface area contributed by atoms with Crippen LogP contribution in [-0.2, 0) is 4.74 Å². The second-order valence-electron chi connectivity index (χ2n) is 1.80. The number of hydrogen-bond donors (Lipinski definition) is 1. The van der Waals surface area contributed by atoms with Crippen LogP contribution >= 0.6 is 0 Å². The average molecular weight is 131 g/mol. The molecule has 0 amide bonds. The van der Waals surface area contributed by atoms with E-state index in [1.54, 1.807) is 0 Å². The smallest absolute Gasteiger partial charge is 0.182 e. The summed E-state index contributed by atoms with van der Waals surface area (Å²) in [6, 6.07) is 0. The third-order valence-electron chi connectivity index (χ3n) is 0.793. The van der Waals surface area contributed by atoms with Gasteiger partial charge in [0, 0.05) is 0 Å². The van der Waals surface area contributed by atoms with Crippen molar-refractivity contribution in [3.63, 3.8) is 0 Å². The molecule has 0 heterocycles. The molecular formula is C7H17NO. The van der Waals surface area contributed by atoms with Crippen molar-refractivity contribution >= 4 is 0 Å². The van der Waals surface area contributed by atoms with Gasteiger partial charge in [-0.05, 0) is 26.3 Å². The first-order valence-corrected chi connectivity index (χ1v) is 2.74. The zero-order valence-corrected chi connectivity index (χ0v) is 5.69. The van der Waals surface area contributed by atoms with Crippen molar-refractivity contribution in [1.29, 1.82) is 0 Å². The van der Waals surface area contributed by atoms with E-state index in [2.05, 4.69) is 0 Å². The normalized spacial score (nSPS) is 7.44. The van der Waals surface area contributed by atoms with Crippen molar-refractivity contribution in [2.24, 2.45) is 5.73 Å². The molecule has 0 atom stereocenters. The van der Waals surface area contributed by atoms with E-state index in [9.17, 15) is 0 Å². The van der Waals surface area contributed by atoms with E-state index in [1.165, 1.54) is 0 Å². The Kier molecular flexibility index (Phi) is 6.80. The Morgan fingerprint density at radius 3 is 2.00 bits per heavy atom. The fourth-order valence-corrected chi connectivity index (χ4v) is 0.300. The lowest BCUT2D eigenvalue weighted by Crippen LogP contribution is -2.03. The number of allylic oxidation sites excluding steroid dienone is 1. The van der Waals surface area contributed by atoms with Crippen LogP contribution in [0.2, 0.25) is 0 Å². The van der Waals surface area contributed by atoms with Gasteiger partial charge < -0.3 is 10.5 Å². The van der Waals surface area contributed by atoms with Crippen LogP contribution in [0.25, 0.3) is 0 Å². The zero-order valence-electron chi connectivity index (χ0n) is 5.69. The lowest BCUT2D eigenvalue weighted by Gasteiger charge is -2.02. The Bertz CT molecular complexity index is 93.1. The van der Waals surface area contributed by atoms with Crippen LogP contribution in [-0.4, -0.2) is 6.61 Å². The third kappa shape index (κ3) is 5.21. The van der Waals surface area contributed by atoms with Gasteiger partial charge in [0.05, 0.1) is 6.61 Å². The Labute approximate surface area is 57.7 Å². The zero-order chi connectivity index (χ0) is 6.57. The van der Waals surface area contributed by atoms with Gasteiger partial charge in [0.1, 0.15) is 0 Å².